The predicted octanol–water partition coefficient (Wildman–Crippen LogP) is 3.91. The molecule has 23 heavy (non-hydrogen) atoms. The number of benzene rings is 2. The summed E-state index contributed by atoms with van der Waals surface area (Å²) in [5.74, 6) is 0.0829. The molecule has 1 saturated heterocycles. The van der Waals surface area contributed by atoms with Crippen LogP contribution in [0.15, 0.2) is 42.5 Å². The summed E-state index contributed by atoms with van der Waals surface area (Å²) in [5, 5.41) is 0. The fraction of sp³-hybridized carbons (Fsp3) is 0.300. The van der Waals surface area contributed by atoms with Gasteiger partial charge in [0.2, 0.25) is 0 Å². The van der Waals surface area contributed by atoms with Crippen LogP contribution in [-0.2, 0) is 0 Å². The largest absolute Gasteiger partial charge is 0.339 e. The summed E-state index contributed by atoms with van der Waals surface area (Å²) in [4.78, 5) is 27.2. The number of likely N-dealkylation sites (tertiary alicyclic amines) is 1. The Balaban J connectivity index is 1.68. The average Bonchev–Trinajstić information content (AvgIpc) is 2.77. The molecule has 0 atom stereocenters. The standard InChI is InChI=1S/C20H19NO2/c22-19-17-8-4-3-7-15(17)16-10-9-14(13-18(16)19)20(23)21-11-5-1-2-6-12-21/h3-4,7-10,13H,1-2,5-6,11-12H2. The minimum absolute atomic E-state index is 0.0288. The molecular weight excluding hydrogens is 286 g/mol. The van der Waals surface area contributed by atoms with Gasteiger partial charge in [-0.1, -0.05) is 43.2 Å². The highest BCUT2D eigenvalue weighted by Crippen LogP contribution is 2.36. The van der Waals surface area contributed by atoms with E-state index in [1.807, 2.05) is 41.3 Å². The number of ketones is 1. The van der Waals surface area contributed by atoms with Gasteiger partial charge in [0.1, 0.15) is 0 Å². The SMILES string of the molecule is O=C1c2ccccc2-c2ccc(C(=O)N3CCCCCC3)cc21. The molecule has 0 unspecified atom stereocenters. The monoisotopic (exact) mass is 305 g/mol. The molecular formula is C20H19NO2. The third kappa shape index (κ3) is 2.37. The van der Waals surface area contributed by atoms with Crippen LogP contribution in [0.4, 0.5) is 0 Å². The zero-order chi connectivity index (χ0) is 15.8. The van der Waals surface area contributed by atoms with Crippen molar-refractivity contribution >= 4 is 11.7 Å². The molecule has 1 heterocycles. The first-order chi connectivity index (χ1) is 11.3. The van der Waals surface area contributed by atoms with Gasteiger partial charge in [-0.15, -0.1) is 0 Å². The Bertz CT molecular complexity index is 786. The first kappa shape index (κ1) is 14.2. The lowest BCUT2D eigenvalue weighted by Crippen LogP contribution is -2.31. The van der Waals surface area contributed by atoms with Crippen molar-refractivity contribution in [2.24, 2.45) is 0 Å². The Morgan fingerprint density at radius 1 is 0.783 bits per heavy atom. The number of carbonyl (C=O) groups excluding carboxylic acids is 2. The van der Waals surface area contributed by atoms with Crippen molar-refractivity contribution < 1.29 is 9.59 Å². The first-order valence-corrected chi connectivity index (χ1v) is 8.33. The van der Waals surface area contributed by atoms with Crippen LogP contribution < -0.4 is 0 Å². The lowest BCUT2D eigenvalue weighted by molar-refractivity contribution is 0.0761. The number of rotatable bonds is 1. The highest BCUT2D eigenvalue weighted by Gasteiger charge is 2.28. The molecule has 2 aliphatic rings. The van der Waals surface area contributed by atoms with Gasteiger partial charge in [-0.2, -0.15) is 0 Å². The average molecular weight is 305 g/mol. The predicted molar refractivity (Wildman–Crippen MR) is 89.7 cm³/mol. The van der Waals surface area contributed by atoms with Crippen LogP contribution in [0.25, 0.3) is 11.1 Å². The molecule has 116 valence electrons. The lowest BCUT2D eigenvalue weighted by Gasteiger charge is -2.20. The normalized spacial score (nSPS) is 16.7. The Hall–Kier alpha value is -2.42. The van der Waals surface area contributed by atoms with E-state index < -0.39 is 0 Å². The third-order valence-electron chi connectivity index (χ3n) is 4.87. The molecule has 1 fully saturated rings. The van der Waals surface area contributed by atoms with Gasteiger partial charge in [0.15, 0.2) is 5.78 Å². The number of hydrogen-bond donors (Lipinski definition) is 0. The maximum Gasteiger partial charge on any atom is 0.253 e. The van der Waals surface area contributed by atoms with Gasteiger partial charge in [-0.25, -0.2) is 0 Å². The fourth-order valence-corrected chi connectivity index (χ4v) is 3.62. The van der Waals surface area contributed by atoms with Crippen molar-refractivity contribution in [2.45, 2.75) is 25.7 Å². The van der Waals surface area contributed by atoms with Crippen LogP contribution in [0.1, 0.15) is 52.0 Å². The Kier molecular flexibility index (Phi) is 3.49. The quantitative estimate of drug-likeness (QED) is 0.683. The van der Waals surface area contributed by atoms with E-state index in [4.69, 9.17) is 0 Å². The molecule has 3 nitrogen and oxygen atoms in total. The van der Waals surface area contributed by atoms with Crippen LogP contribution in [0.5, 0.6) is 0 Å². The summed E-state index contributed by atoms with van der Waals surface area (Å²) in [6.45, 7) is 1.65. The summed E-state index contributed by atoms with van der Waals surface area (Å²) < 4.78 is 0. The molecule has 1 amide bonds. The molecule has 1 aliphatic heterocycles. The number of carbonyl (C=O) groups is 2. The van der Waals surface area contributed by atoms with Crippen molar-refractivity contribution in [3.05, 3.63) is 59.2 Å². The molecule has 0 bridgehead atoms. The summed E-state index contributed by atoms with van der Waals surface area (Å²) in [5.41, 5.74) is 3.94. The highest BCUT2D eigenvalue weighted by molar-refractivity contribution is 6.22. The number of amides is 1. The number of nitrogens with zero attached hydrogens (tertiary/aromatic N) is 1. The molecule has 2 aromatic carbocycles. The molecule has 0 saturated carbocycles. The molecule has 1 aliphatic carbocycles. The van der Waals surface area contributed by atoms with Gasteiger partial charge in [-0.3, -0.25) is 9.59 Å². The maximum atomic E-state index is 12.7. The molecule has 0 aromatic heterocycles. The molecule has 3 heteroatoms. The number of hydrogen-bond acceptors (Lipinski definition) is 2. The van der Waals surface area contributed by atoms with Crippen molar-refractivity contribution in [3.8, 4) is 11.1 Å². The maximum absolute atomic E-state index is 12.7. The second-order valence-corrected chi connectivity index (χ2v) is 6.34. The van der Waals surface area contributed by atoms with Crippen LogP contribution >= 0.6 is 0 Å². The van der Waals surface area contributed by atoms with E-state index in [1.165, 1.54) is 12.8 Å². The van der Waals surface area contributed by atoms with E-state index in [0.29, 0.717) is 11.1 Å². The zero-order valence-corrected chi connectivity index (χ0v) is 13.0. The molecule has 4 rings (SSSR count). The van der Waals surface area contributed by atoms with E-state index in [-0.39, 0.29) is 11.7 Å². The second-order valence-electron chi connectivity index (χ2n) is 6.34. The summed E-state index contributed by atoms with van der Waals surface area (Å²) in [6.07, 6.45) is 4.53. The molecule has 2 aromatic rings. The fourth-order valence-electron chi connectivity index (χ4n) is 3.62. The minimum Gasteiger partial charge on any atom is -0.339 e. The summed E-state index contributed by atoms with van der Waals surface area (Å²) >= 11 is 0. The van der Waals surface area contributed by atoms with Crippen LogP contribution in [-0.4, -0.2) is 29.7 Å². The van der Waals surface area contributed by atoms with Crippen LogP contribution in [0, 0.1) is 0 Å². The second kappa shape index (κ2) is 5.65. The highest BCUT2D eigenvalue weighted by atomic mass is 16.2. The summed E-state index contributed by atoms with van der Waals surface area (Å²) in [6, 6.07) is 13.2. The Morgan fingerprint density at radius 2 is 1.43 bits per heavy atom. The lowest BCUT2D eigenvalue weighted by atomic mass is 10.0. The summed E-state index contributed by atoms with van der Waals surface area (Å²) in [7, 11) is 0. The van der Waals surface area contributed by atoms with Crippen molar-refractivity contribution in [1.29, 1.82) is 0 Å². The zero-order valence-electron chi connectivity index (χ0n) is 13.0. The number of fused-ring (bicyclic) bond motifs is 3. The molecule has 0 N–H and O–H groups in total. The van der Waals surface area contributed by atoms with Crippen LogP contribution in [0.2, 0.25) is 0 Å². The van der Waals surface area contributed by atoms with Gasteiger partial charge in [0, 0.05) is 29.8 Å². The van der Waals surface area contributed by atoms with Crippen LogP contribution in [0.3, 0.4) is 0 Å². The molecule has 0 radical (unpaired) electrons. The Morgan fingerprint density at radius 3 is 2.17 bits per heavy atom. The van der Waals surface area contributed by atoms with Crippen molar-refractivity contribution in [3.63, 3.8) is 0 Å². The van der Waals surface area contributed by atoms with E-state index in [9.17, 15) is 9.59 Å². The van der Waals surface area contributed by atoms with E-state index in [0.717, 1.165) is 42.6 Å². The first-order valence-electron chi connectivity index (χ1n) is 8.33. The third-order valence-corrected chi connectivity index (χ3v) is 4.87. The van der Waals surface area contributed by atoms with Crippen molar-refractivity contribution in [1.82, 2.24) is 4.90 Å². The van der Waals surface area contributed by atoms with Crippen molar-refractivity contribution in [2.75, 3.05) is 13.1 Å². The van der Waals surface area contributed by atoms with Gasteiger partial charge in [0.05, 0.1) is 0 Å². The molecule has 0 spiro atoms. The van der Waals surface area contributed by atoms with E-state index in [1.54, 1.807) is 6.07 Å². The van der Waals surface area contributed by atoms with Gasteiger partial charge < -0.3 is 4.90 Å². The van der Waals surface area contributed by atoms with Gasteiger partial charge in [-0.05, 0) is 36.1 Å². The minimum atomic E-state index is 0.0288. The topological polar surface area (TPSA) is 37.4 Å². The van der Waals surface area contributed by atoms with Gasteiger partial charge in [0.25, 0.3) is 5.91 Å². The van der Waals surface area contributed by atoms with Gasteiger partial charge >= 0.3 is 0 Å². The Labute approximate surface area is 135 Å². The van der Waals surface area contributed by atoms with E-state index in [2.05, 4.69) is 0 Å². The van der Waals surface area contributed by atoms with E-state index >= 15 is 0 Å². The smallest absolute Gasteiger partial charge is 0.253 e.